The number of amides is 5. The first-order chi connectivity index (χ1) is 20.6. The summed E-state index contributed by atoms with van der Waals surface area (Å²) in [7, 11) is 0. The molecule has 10 nitrogen and oxygen atoms in total. The predicted octanol–water partition coefficient (Wildman–Crippen LogP) is 4.54. The average molecular weight is 650 g/mol. The van der Waals surface area contributed by atoms with Gasteiger partial charge in [-0.2, -0.15) is 11.8 Å². The van der Waals surface area contributed by atoms with Gasteiger partial charge in [-0.25, -0.2) is 4.79 Å². The van der Waals surface area contributed by atoms with E-state index in [-0.39, 0.29) is 39.5 Å². The zero-order valence-corrected chi connectivity index (χ0v) is 30.0. The number of ketones is 1. The number of urea groups is 1. The Bertz CT molecular complexity index is 1110. The van der Waals surface area contributed by atoms with Crippen molar-refractivity contribution < 1.29 is 24.0 Å². The number of likely N-dealkylation sites (tertiary alicyclic amines) is 1. The van der Waals surface area contributed by atoms with Gasteiger partial charge in [-0.05, 0) is 48.3 Å². The van der Waals surface area contributed by atoms with Crippen molar-refractivity contribution >= 4 is 41.3 Å². The summed E-state index contributed by atoms with van der Waals surface area (Å²) in [5, 5.41) is 9.13. The van der Waals surface area contributed by atoms with Crippen molar-refractivity contribution in [3.8, 4) is 0 Å². The van der Waals surface area contributed by atoms with E-state index in [0.29, 0.717) is 19.4 Å². The van der Waals surface area contributed by atoms with Crippen LogP contribution >= 0.6 is 11.8 Å². The normalized spacial score (nSPS) is 23.5. The molecule has 0 aromatic heterocycles. The highest BCUT2D eigenvalue weighted by molar-refractivity contribution is 8.00. The lowest BCUT2D eigenvalue weighted by Gasteiger charge is -2.41. The maximum absolute atomic E-state index is 14.4. The first-order valence-electron chi connectivity index (χ1n) is 16.8. The van der Waals surface area contributed by atoms with E-state index >= 15 is 0 Å². The van der Waals surface area contributed by atoms with Crippen LogP contribution in [-0.2, 0) is 19.2 Å². The second-order valence-corrected chi connectivity index (χ2v) is 18.6. The Labute approximate surface area is 274 Å². The van der Waals surface area contributed by atoms with Gasteiger partial charge >= 0.3 is 6.03 Å². The lowest BCUT2D eigenvalue weighted by atomic mass is 9.75. The number of nitrogens with one attached hydrogen (secondary N) is 3. The molecule has 45 heavy (non-hydrogen) atoms. The molecule has 0 aromatic rings. The number of rotatable bonds is 11. The minimum atomic E-state index is -1.08. The van der Waals surface area contributed by atoms with Gasteiger partial charge in [0.1, 0.15) is 12.1 Å². The summed E-state index contributed by atoms with van der Waals surface area (Å²) in [6.07, 6.45) is 7.86. The van der Waals surface area contributed by atoms with Crippen LogP contribution < -0.4 is 21.7 Å². The Morgan fingerprint density at radius 2 is 1.49 bits per heavy atom. The number of nitrogens with two attached hydrogens (primary N) is 1. The third kappa shape index (κ3) is 10.3. The van der Waals surface area contributed by atoms with Crippen LogP contribution in [0.2, 0.25) is 0 Å². The van der Waals surface area contributed by atoms with Crippen LogP contribution in [-0.4, -0.2) is 75.1 Å². The summed E-state index contributed by atoms with van der Waals surface area (Å²) in [6.45, 7) is 18.7. The molecule has 0 aromatic carbocycles. The van der Waals surface area contributed by atoms with Crippen LogP contribution in [0, 0.1) is 22.7 Å². The van der Waals surface area contributed by atoms with E-state index in [9.17, 15) is 24.0 Å². The second kappa shape index (κ2) is 14.2. The number of hydrogen-bond acceptors (Lipinski definition) is 6. The lowest BCUT2D eigenvalue weighted by molar-refractivity contribution is -0.145. The predicted molar refractivity (Wildman–Crippen MR) is 179 cm³/mol. The zero-order valence-electron chi connectivity index (χ0n) is 29.1. The molecule has 3 unspecified atom stereocenters. The largest absolute Gasteiger partial charge is 0.363 e. The molecule has 11 heteroatoms. The smallest absolute Gasteiger partial charge is 0.315 e. The van der Waals surface area contributed by atoms with Crippen molar-refractivity contribution in [3.63, 3.8) is 0 Å². The highest BCUT2D eigenvalue weighted by Crippen LogP contribution is 2.41. The van der Waals surface area contributed by atoms with Gasteiger partial charge in [-0.3, -0.25) is 19.2 Å². The van der Waals surface area contributed by atoms with Gasteiger partial charge < -0.3 is 26.6 Å². The second-order valence-electron chi connectivity index (χ2n) is 16.8. The monoisotopic (exact) mass is 649 g/mol. The number of primary amides is 1. The number of thioether (sulfide) groups is 1. The van der Waals surface area contributed by atoms with Crippen LogP contribution in [0.5, 0.6) is 0 Å². The van der Waals surface area contributed by atoms with Crippen molar-refractivity contribution in [2.75, 3.05) is 12.3 Å². The number of Topliss-reactive ketones (excluding diaryl/α,β-unsaturated/α-hetero) is 1. The van der Waals surface area contributed by atoms with Gasteiger partial charge in [0.05, 0.1) is 11.6 Å². The first kappa shape index (κ1) is 37.2. The minimum Gasteiger partial charge on any atom is -0.363 e. The SMILES string of the molecule is CC(C)(C)SCC1(NC(=O)N[C@H](C(=O)N2CCC(C(C)(C)C)C2C(=O)NC(CC2CC2)C(=O)C(N)=O)C(C)(C)C)CCCCC1. The van der Waals surface area contributed by atoms with Gasteiger partial charge in [-0.1, -0.05) is 94.4 Å². The van der Waals surface area contributed by atoms with Crippen molar-refractivity contribution in [2.24, 2.45) is 28.4 Å². The average Bonchev–Trinajstić information content (AvgIpc) is 3.61. The molecule has 0 bridgehead atoms. The van der Waals surface area contributed by atoms with E-state index in [2.05, 4.69) is 36.7 Å². The Morgan fingerprint density at radius 1 is 0.889 bits per heavy atom. The first-order valence-corrected chi connectivity index (χ1v) is 17.8. The molecular formula is C34H59N5O5S. The van der Waals surface area contributed by atoms with E-state index < -0.39 is 41.1 Å². The molecule has 3 aliphatic rings. The molecule has 1 aliphatic heterocycles. The van der Waals surface area contributed by atoms with E-state index in [1.165, 1.54) is 0 Å². The molecule has 0 radical (unpaired) electrons. The minimum absolute atomic E-state index is 0.0567. The van der Waals surface area contributed by atoms with Gasteiger partial charge in [0.15, 0.2) is 0 Å². The number of hydrogen-bond donors (Lipinski definition) is 4. The van der Waals surface area contributed by atoms with Crippen molar-refractivity contribution in [1.29, 1.82) is 0 Å². The third-order valence-corrected chi connectivity index (χ3v) is 11.1. The summed E-state index contributed by atoms with van der Waals surface area (Å²) in [4.78, 5) is 68.2. The van der Waals surface area contributed by atoms with Crippen molar-refractivity contribution in [3.05, 3.63) is 0 Å². The Morgan fingerprint density at radius 3 is 1.98 bits per heavy atom. The van der Waals surface area contributed by atoms with Crippen LogP contribution in [0.3, 0.4) is 0 Å². The summed E-state index contributed by atoms with van der Waals surface area (Å²) in [5.74, 6) is -1.81. The Hall–Kier alpha value is -2.30. The van der Waals surface area contributed by atoms with E-state index in [1.54, 1.807) is 4.90 Å². The third-order valence-electron chi connectivity index (χ3n) is 9.56. The molecule has 2 aliphatic carbocycles. The van der Waals surface area contributed by atoms with Crippen LogP contribution in [0.15, 0.2) is 0 Å². The number of nitrogens with zero attached hydrogens (tertiary/aromatic N) is 1. The Kier molecular flexibility index (Phi) is 11.7. The molecular weight excluding hydrogens is 590 g/mol. The molecule has 1 saturated heterocycles. The van der Waals surface area contributed by atoms with Gasteiger partial charge in [0.25, 0.3) is 5.91 Å². The van der Waals surface area contributed by atoms with Crippen LogP contribution in [0.25, 0.3) is 0 Å². The number of carbonyl (C=O) groups excluding carboxylic acids is 5. The topological polar surface area (TPSA) is 151 Å². The summed E-state index contributed by atoms with van der Waals surface area (Å²) >= 11 is 1.84. The van der Waals surface area contributed by atoms with Gasteiger partial charge in [0, 0.05) is 17.0 Å². The number of carbonyl (C=O) groups is 5. The maximum Gasteiger partial charge on any atom is 0.315 e. The van der Waals surface area contributed by atoms with Gasteiger partial charge in [-0.15, -0.1) is 0 Å². The maximum atomic E-state index is 14.4. The zero-order chi connectivity index (χ0) is 34.0. The standard InChI is InChI=1S/C34H59N5O5S/c1-31(2,3)22-15-18-39(24(22)28(42)36-23(19-21-13-14-21)25(40)27(35)41)29(43)26(32(4,5)6)37-30(44)38-34(16-11-10-12-17-34)20-45-33(7,8)9/h21-24,26H,10-20H2,1-9H3,(H2,35,41)(H,36,42)(H2,37,38,44)/t22?,23?,24?,26-/m1/s1. The molecule has 3 fully saturated rings. The molecule has 256 valence electrons. The summed E-state index contributed by atoms with van der Waals surface area (Å²) < 4.78 is 0.0567. The molecule has 5 N–H and O–H groups in total. The van der Waals surface area contributed by atoms with Crippen molar-refractivity contribution in [1.82, 2.24) is 20.9 Å². The fourth-order valence-corrected chi connectivity index (χ4v) is 7.80. The van der Waals surface area contributed by atoms with E-state index in [1.807, 2.05) is 53.3 Å². The fourth-order valence-electron chi connectivity index (χ4n) is 6.73. The molecule has 4 atom stereocenters. The van der Waals surface area contributed by atoms with Gasteiger partial charge in [0.2, 0.25) is 17.6 Å². The highest BCUT2D eigenvalue weighted by atomic mass is 32.2. The van der Waals surface area contributed by atoms with E-state index in [0.717, 1.165) is 50.7 Å². The lowest BCUT2D eigenvalue weighted by Crippen LogP contribution is -2.63. The van der Waals surface area contributed by atoms with Crippen LogP contribution in [0.1, 0.15) is 120 Å². The fraction of sp³-hybridized carbons (Fsp3) is 0.853. The quantitative estimate of drug-likeness (QED) is 0.242. The summed E-state index contributed by atoms with van der Waals surface area (Å²) in [6, 6.07) is -3.14. The highest BCUT2D eigenvalue weighted by Gasteiger charge is 2.50. The summed E-state index contributed by atoms with van der Waals surface area (Å²) in [5.41, 5.74) is 4.02. The molecule has 5 amide bonds. The molecule has 2 saturated carbocycles. The van der Waals surface area contributed by atoms with Crippen LogP contribution in [0.4, 0.5) is 4.79 Å². The van der Waals surface area contributed by atoms with Crippen molar-refractivity contribution in [2.45, 2.75) is 149 Å². The Balaban J connectivity index is 1.85. The molecule has 3 rings (SSSR count). The molecule has 0 spiro atoms. The molecule has 1 heterocycles. The van der Waals surface area contributed by atoms with E-state index in [4.69, 9.17) is 5.73 Å².